The lowest BCUT2D eigenvalue weighted by molar-refractivity contribution is 0.373. The van der Waals surface area contributed by atoms with Crippen molar-refractivity contribution in [3.8, 4) is 16.9 Å². The summed E-state index contributed by atoms with van der Waals surface area (Å²) in [5.74, 6) is 0.819. The maximum Gasteiger partial charge on any atom is 0.127 e. The van der Waals surface area contributed by atoms with E-state index in [9.17, 15) is 0 Å². The van der Waals surface area contributed by atoms with Crippen LogP contribution in [0.5, 0.6) is 5.75 Å². The molecule has 1 aromatic heterocycles. The molecule has 0 spiro atoms. The van der Waals surface area contributed by atoms with Crippen molar-refractivity contribution in [1.29, 1.82) is 0 Å². The number of hydrogen-bond acceptors (Lipinski definition) is 3. The monoisotopic (exact) mass is 293 g/mol. The fourth-order valence-corrected chi connectivity index (χ4v) is 2.27. The number of aromatic nitrogens is 2. The van der Waals surface area contributed by atoms with E-state index in [0.29, 0.717) is 0 Å². The molecule has 0 aliphatic carbocycles. The van der Waals surface area contributed by atoms with Gasteiger partial charge in [-0.05, 0) is 38.7 Å². The van der Waals surface area contributed by atoms with Gasteiger partial charge >= 0.3 is 0 Å². The Morgan fingerprint density at radius 2 is 2.10 bits per heavy atom. The van der Waals surface area contributed by atoms with Gasteiger partial charge in [0, 0.05) is 28.9 Å². The third kappa shape index (κ3) is 3.14. The van der Waals surface area contributed by atoms with Crippen LogP contribution in [-0.2, 0) is 6.54 Å². The van der Waals surface area contributed by atoms with E-state index in [4.69, 9.17) is 16.3 Å². The van der Waals surface area contributed by atoms with E-state index in [2.05, 4.69) is 24.1 Å². The Kier molecular flexibility index (Phi) is 4.68. The van der Waals surface area contributed by atoms with Gasteiger partial charge in [0.25, 0.3) is 0 Å². The molecule has 20 heavy (non-hydrogen) atoms. The number of likely N-dealkylation sites (N-methyl/N-ethyl adjacent to an activating group) is 1. The lowest BCUT2D eigenvalue weighted by atomic mass is 10.0. The highest BCUT2D eigenvalue weighted by Gasteiger charge is 2.13. The highest BCUT2D eigenvalue weighted by Crippen LogP contribution is 2.36. The first-order valence-corrected chi connectivity index (χ1v) is 6.91. The quantitative estimate of drug-likeness (QED) is 0.849. The maximum absolute atomic E-state index is 6.21. The van der Waals surface area contributed by atoms with E-state index >= 15 is 0 Å². The van der Waals surface area contributed by atoms with Crippen molar-refractivity contribution in [2.24, 2.45) is 0 Å². The van der Waals surface area contributed by atoms with Gasteiger partial charge in [0.05, 0.1) is 19.9 Å². The van der Waals surface area contributed by atoms with Crippen LogP contribution >= 0.6 is 11.6 Å². The lowest BCUT2D eigenvalue weighted by Crippen LogP contribution is -2.18. The molecule has 0 aliphatic rings. The predicted molar refractivity (Wildman–Crippen MR) is 82.5 cm³/mol. The zero-order valence-corrected chi connectivity index (χ0v) is 13.1. The van der Waals surface area contributed by atoms with Crippen LogP contribution < -0.4 is 4.74 Å². The van der Waals surface area contributed by atoms with Crippen LogP contribution in [0.3, 0.4) is 0 Å². The molecule has 0 saturated carbocycles. The Morgan fingerprint density at radius 3 is 2.75 bits per heavy atom. The third-order valence-corrected chi connectivity index (χ3v) is 3.69. The fourth-order valence-electron chi connectivity index (χ4n) is 2.11. The number of ether oxygens (including phenoxy) is 1. The van der Waals surface area contributed by atoms with E-state index in [1.165, 1.54) is 0 Å². The van der Waals surface area contributed by atoms with Crippen LogP contribution in [0.2, 0.25) is 5.02 Å². The summed E-state index contributed by atoms with van der Waals surface area (Å²) in [5.41, 5.74) is 3.05. The molecule has 0 saturated heterocycles. The minimum absolute atomic E-state index is 0.738. The molecule has 1 heterocycles. The zero-order chi connectivity index (χ0) is 14.7. The molecular weight excluding hydrogens is 274 g/mol. The van der Waals surface area contributed by atoms with Crippen LogP contribution in [0.25, 0.3) is 11.1 Å². The summed E-state index contributed by atoms with van der Waals surface area (Å²) in [7, 11) is 5.77. The standard InChI is InChI=1S/C15H20ClN3O/c1-11-13(16)5-6-14(20-4)15(11)12-9-17-19(10-12)8-7-18(2)3/h5-6,9-10H,7-8H2,1-4H3. The van der Waals surface area contributed by atoms with Gasteiger partial charge in [-0.2, -0.15) is 5.10 Å². The fraction of sp³-hybridized carbons (Fsp3) is 0.400. The van der Waals surface area contributed by atoms with Crippen molar-refractivity contribution in [3.05, 3.63) is 35.1 Å². The highest BCUT2D eigenvalue weighted by atomic mass is 35.5. The molecule has 0 atom stereocenters. The second-order valence-corrected chi connectivity index (χ2v) is 5.45. The van der Waals surface area contributed by atoms with Crippen LogP contribution in [0, 0.1) is 6.92 Å². The molecule has 108 valence electrons. The van der Waals surface area contributed by atoms with E-state index in [-0.39, 0.29) is 0 Å². The van der Waals surface area contributed by atoms with E-state index in [0.717, 1.165) is 40.6 Å². The largest absolute Gasteiger partial charge is 0.496 e. The second kappa shape index (κ2) is 6.29. The summed E-state index contributed by atoms with van der Waals surface area (Å²) < 4.78 is 7.38. The SMILES string of the molecule is COc1ccc(Cl)c(C)c1-c1cnn(CCN(C)C)c1. The number of rotatable bonds is 5. The average molecular weight is 294 g/mol. The first kappa shape index (κ1) is 14.9. The summed E-state index contributed by atoms with van der Waals surface area (Å²) in [4.78, 5) is 2.13. The zero-order valence-electron chi connectivity index (χ0n) is 12.4. The summed E-state index contributed by atoms with van der Waals surface area (Å²) in [6, 6.07) is 3.75. The minimum atomic E-state index is 0.738. The number of benzene rings is 1. The van der Waals surface area contributed by atoms with E-state index < -0.39 is 0 Å². The molecule has 2 aromatic rings. The third-order valence-electron chi connectivity index (χ3n) is 3.28. The van der Waals surface area contributed by atoms with Gasteiger partial charge in [-0.15, -0.1) is 0 Å². The Bertz CT molecular complexity index is 593. The molecule has 0 bridgehead atoms. The Hall–Kier alpha value is -1.52. The molecule has 4 nitrogen and oxygen atoms in total. The minimum Gasteiger partial charge on any atom is -0.496 e. The summed E-state index contributed by atoms with van der Waals surface area (Å²) in [5, 5.41) is 5.14. The maximum atomic E-state index is 6.21. The van der Waals surface area contributed by atoms with Crippen LogP contribution in [0.15, 0.2) is 24.5 Å². The Labute approximate surface area is 124 Å². The molecule has 1 aromatic carbocycles. The molecule has 5 heteroatoms. The van der Waals surface area contributed by atoms with Crippen molar-refractivity contribution in [2.45, 2.75) is 13.5 Å². The van der Waals surface area contributed by atoms with Gasteiger partial charge in [0.1, 0.15) is 5.75 Å². The highest BCUT2D eigenvalue weighted by molar-refractivity contribution is 6.31. The summed E-state index contributed by atoms with van der Waals surface area (Å²) in [6.07, 6.45) is 3.89. The number of hydrogen-bond donors (Lipinski definition) is 0. The van der Waals surface area contributed by atoms with Gasteiger partial charge in [0.15, 0.2) is 0 Å². The van der Waals surface area contributed by atoms with Crippen LogP contribution in [0.1, 0.15) is 5.56 Å². The Morgan fingerprint density at radius 1 is 1.35 bits per heavy atom. The second-order valence-electron chi connectivity index (χ2n) is 5.05. The van der Waals surface area contributed by atoms with Crippen molar-refractivity contribution in [3.63, 3.8) is 0 Å². The van der Waals surface area contributed by atoms with Crippen molar-refractivity contribution < 1.29 is 4.74 Å². The molecule has 0 aliphatic heterocycles. The van der Waals surface area contributed by atoms with Gasteiger partial charge in [-0.25, -0.2) is 0 Å². The molecule has 0 radical (unpaired) electrons. The molecular formula is C15H20ClN3O. The molecule has 2 rings (SSSR count). The van der Waals surface area contributed by atoms with Crippen molar-refractivity contribution in [2.75, 3.05) is 27.7 Å². The van der Waals surface area contributed by atoms with Crippen molar-refractivity contribution in [1.82, 2.24) is 14.7 Å². The topological polar surface area (TPSA) is 30.3 Å². The van der Waals surface area contributed by atoms with Gasteiger partial charge in [-0.1, -0.05) is 11.6 Å². The van der Waals surface area contributed by atoms with Crippen LogP contribution in [0.4, 0.5) is 0 Å². The van der Waals surface area contributed by atoms with E-state index in [1.807, 2.05) is 36.1 Å². The van der Waals surface area contributed by atoms with Gasteiger partial charge in [0.2, 0.25) is 0 Å². The van der Waals surface area contributed by atoms with E-state index in [1.54, 1.807) is 7.11 Å². The van der Waals surface area contributed by atoms with Crippen LogP contribution in [-0.4, -0.2) is 42.4 Å². The summed E-state index contributed by atoms with van der Waals surface area (Å²) in [6.45, 7) is 3.80. The first-order valence-electron chi connectivity index (χ1n) is 6.53. The summed E-state index contributed by atoms with van der Waals surface area (Å²) >= 11 is 6.21. The smallest absolute Gasteiger partial charge is 0.127 e. The first-order chi connectivity index (χ1) is 9.52. The lowest BCUT2D eigenvalue weighted by Gasteiger charge is -2.11. The molecule has 0 unspecified atom stereocenters. The van der Waals surface area contributed by atoms with Crippen molar-refractivity contribution >= 4 is 11.6 Å². The molecule has 0 amide bonds. The number of methoxy groups -OCH3 is 1. The molecule has 0 N–H and O–H groups in total. The Balaban J connectivity index is 2.34. The van der Waals surface area contributed by atoms with Gasteiger partial charge < -0.3 is 9.64 Å². The number of nitrogens with zero attached hydrogens (tertiary/aromatic N) is 3. The normalized spacial score (nSPS) is 11.1. The molecule has 0 fully saturated rings. The predicted octanol–water partition coefficient (Wildman–Crippen LogP) is 3.08. The average Bonchev–Trinajstić information content (AvgIpc) is 2.87. The number of halogens is 1. The van der Waals surface area contributed by atoms with Gasteiger partial charge in [-0.3, -0.25) is 4.68 Å².